The van der Waals surface area contributed by atoms with Crippen LogP contribution in [-0.4, -0.2) is 71.3 Å². The normalized spacial score (nSPS) is 27.9. The Morgan fingerprint density at radius 2 is 2.17 bits per heavy atom. The molecular weight excluding hydrogens is 292 g/mol. The maximum atomic E-state index is 12.9. The van der Waals surface area contributed by atoms with Crippen LogP contribution in [0.25, 0.3) is 0 Å². The van der Waals surface area contributed by atoms with Crippen molar-refractivity contribution in [2.24, 2.45) is 0 Å². The van der Waals surface area contributed by atoms with E-state index in [1.807, 2.05) is 4.90 Å². The third-order valence-electron chi connectivity index (χ3n) is 6.16. The SMILES string of the molecule is CN1CCCC12CCN(C(=O)c1cn[nH]c1C1CCOC1)CC2. The van der Waals surface area contributed by atoms with E-state index in [0.29, 0.717) is 12.1 Å². The van der Waals surface area contributed by atoms with Crippen molar-refractivity contribution in [3.63, 3.8) is 0 Å². The molecule has 3 aliphatic heterocycles. The molecule has 0 bridgehead atoms. The van der Waals surface area contributed by atoms with Gasteiger partial charge in [0.25, 0.3) is 5.91 Å². The lowest BCUT2D eigenvalue weighted by molar-refractivity contribution is 0.0491. The van der Waals surface area contributed by atoms with Crippen molar-refractivity contribution in [3.8, 4) is 0 Å². The first-order valence-electron chi connectivity index (χ1n) is 8.81. The molecule has 1 aromatic rings. The van der Waals surface area contributed by atoms with Gasteiger partial charge in [-0.1, -0.05) is 0 Å². The number of rotatable bonds is 2. The van der Waals surface area contributed by atoms with Gasteiger partial charge in [0.1, 0.15) is 0 Å². The van der Waals surface area contributed by atoms with Crippen LogP contribution in [0.5, 0.6) is 0 Å². The molecule has 3 aliphatic rings. The van der Waals surface area contributed by atoms with Crippen molar-refractivity contribution in [2.45, 2.75) is 43.6 Å². The van der Waals surface area contributed by atoms with E-state index in [4.69, 9.17) is 4.74 Å². The largest absolute Gasteiger partial charge is 0.381 e. The van der Waals surface area contributed by atoms with E-state index in [9.17, 15) is 4.79 Å². The summed E-state index contributed by atoms with van der Waals surface area (Å²) in [5.74, 6) is 0.421. The summed E-state index contributed by atoms with van der Waals surface area (Å²) in [5.41, 5.74) is 2.05. The van der Waals surface area contributed by atoms with Crippen LogP contribution in [0.2, 0.25) is 0 Å². The highest BCUT2D eigenvalue weighted by molar-refractivity contribution is 5.95. The smallest absolute Gasteiger partial charge is 0.257 e. The van der Waals surface area contributed by atoms with E-state index in [-0.39, 0.29) is 11.8 Å². The molecule has 4 rings (SSSR count). The predicted octanol–water partition coefficient (Wildman–Crippen LogP) is 1.61. The predicted molar refractivity (Wildman–Crippen MR) is 86.5 cm³/mol. The van der Waals surface area contributed by atoms with Crippen LogP contribution in [-0.2, 0) is 4.74 Å². The molecule has 1 aromatic heterocycles. The maximum Gasteiger partial charge on any atom is 0.257 e. The monoisotopic (exact) mass is 318 g/mol. The highest BCUT2D eigenvalue weighted by Gasteiger charge is 2.42. The van der Waals surface area contributed by atoms with Gasteiger partial charge in [-0.25, -0.2) is 0 Å². The zero-order valence-corrected chi connectivity index (χ0v) is 13.9. The second-order valence-electron chi connectivity index (χ2n) is 7.30. The molecule has 3 saturated heterocycles. The summed E-state index contributed by atoms with van der Waals surface area (Å²) in [6.45, 7) is 4.37. The Labute approximate surface area is 137 Å². The number of likely N-dealkylation sites (tertiary alicyclic amines) is 2. The summed E-state index contributed by atoms with van der Waals surface area (Å²) in [4.78, 5) is 17.5. The van der Waals surface area contributed by atoms with Crippen molar-refractivity contribution in [1.82, 2.24) is 20.0 Å². The summed E-state index contributed by atoms with van der Waals surface area (Å²) in [6, 6.07) is 0. The molecule has 1 N–H and O–H groups in total. The van der Waals surface area contributed by atoms with Gasteiger partial charge < -0.3 is 14.5 Å². The van der Waals surface area contributed by atoms with Gasteiger partial charge >= 0.3 is 0 Å². The molecule has 1 amide bonds. The van der Waals surface area contributed by atoms with Gasteiger partial charge in [0.2, 0.25) is 0 Å². The number of amides is 1. The Balaban J connectivity index is 1.45. The molecule has 0 saturated carbocycles. The molecule has 23 heavy (non-hydrogen) atoms. The van der Waals surface area contributed by atoms with Gasteiger partial charge in [-0.3, -0.25) is 9.89 Å². The van der Waals surface area contributed by atoms with Gasteiger partial charge in [-0.05, 0) is 45.7 Å². The highest BCUT2D eigenvalue weighted by Crippen LogP contribution is 2.37. The number of aromatic amines is 1. The van der Waals surface area contributed by atoms with Crippen molar-refractivity contribution in [3.05, 3.63) is 17.5 Å². The van der Waals surface area contributed by atoms with Gasteiger partial charge in [-0.15, -0.1) is 0 Å². The Morgan fingerprint density at radius 1 is 1.35 bits per heavy atom. The summed E-state index contributed by atoms with van der Waals surface area (Å²) in [5, 5.41) is 7.17. The number of nitrogens with one attached hydrogen (secondary N) is 1. The Morgan fingerprint density at radius 3 is 2.83 bits per heavy atom. The quantitative estimate of drug-likeness (QED) is 0.900. The lowest BCUT2D eigenvalue weighted by Gasteiger charge is -2.43. The number of hydrogen-bond donors (Lipinski definition) is 1. The molecule has 4 heterocycles. The fourth-order valence-electron chi connectivity index (χ4n) is 4.54. The van der Waals surface area contributed by atoms with Crippen LogP contribution in [0.1, 0.15) is 54.1 Å². The van der Waals surface area contributed by atoms with Crippen LogP contribution in [0.15, 0.2) is 6.20 Å². The van der Waals surface area contributed by atoms with E-state index in [1.54, 1.807) is 6.20 Å². The van der Waals surface area contributed by atoms with Crippen molar-refractivity contribution in [1.29, 1.82) is 0 Å². The van der Waals surface area contributed by atoms with Crippen LogP contribution < -0.4 is 0 Å². The number of carbonyl (C=O) groups excluding carboxylic acids is 1. The van der Waals surface area contributed by atoms with E-state index < -0.39 is 0 Å². The number of H-pyrrole nitrogens is 1. The first-order chi connectivity index (χ1) is 11.2. The molecule has 126 valence electrons. The van der Waals surface area contributed by atoms with Crippen molar-refractivity contribution < 1.29 is 9.53 Å². The molecule has 0 aliphatic carbocycles. The Kier molecular flexibility index (Phi) is 3.89. The first kappa shape index (κ1) is 15.1. The molecule has 1 spiro atoms. The molecule has 1 unspecified atom stereocenters. The second kappa shape index (κ2) is 5.91. The molecule has 6 nitrogen and oxygen atoms in total. The molecule has 1 atom stereocenters. The van der Waals surface area contributed by atoms with E-state index in [1.165, 1.54) is 19.4 Å². The van der Waals surface area contributed by atoms with Crippen LogP contribution in [0, 0.1) is 0 Å². The second-order valence-corrected chi connectivity index (χ2v) is 7.30. The van der Waals surface area contributed by atoms with Gasteiger partial charge in [-0.2, -0.15) is 5.10 Å². The number of aromatic nitrogens is 2. The number of carbonyl (C=O) groups is 1. The first-order valence-corrected chi connectivity index (χ1v) is 8.81. The minimum atomic E-state index is 0.135. The van der Waals surface area contributed by atoms with E-state index in [2.05, 4.69) is 22.1 Å². The fourth-order valence-corrected chi connectivity index (χ4v) is 4.54. The molecular formula is C17H26N4O2. The number of hydrogen-bond acceptors (Lipinski definition) is 4. The molecule has 0 radical (unpaired) electrons. The average molecular weight is 318 g/mol. The zero-order valence-electron chi connectivity index (χ0n) is 13.9. The lowest BCUT2D eigenvalue weighted by Crippen LogP contribution is -2.52. The number of piperidine rings is 1. The highest BCUT2D eigenvalue weighted by atomic mass is 16.5. The third kappa shape index (κ3) is 2.58. The van der Waals surface area contributed by atoms with Crippen LogP contribution in [0.3, 0.4) is 0 Å². The average Bonchev–Trinajstić information content (AvgIpc) is 3.29. The standard InChI is InChI=1S/C17H26N4O2/c1-20-7-2-4-17(20)5-8-21(9-6-17)16(22)14-11-18-19-15(14)13-3-10-23-12-13/h11,13H,2-10,12H2,1H3,(H,18,19). The van der Waals surface area contributed by atoms with E-state index in [0.717, 1.165) is 50.2 Å². The number of ether oxygens (including phenoxy) is 1. The minimum Gasteiger partial charge on any atom is -0.381 e. The topological polar surface area (TPSA) is 61.5 Å². The van der Waals surface area contributed by atoms with Gasteiger partial charge in [0.15, 0.2) is 0 Å². The third-order valence-corrected chi connectivity index (χ3v) is 6.16. The van der Waals surface area contributed by atoms with Crippen molar-refractivity contribution in [2.75, 3.05) is 39.9 Å². The Hall–Kier alpha value is -1.40. The van der Waals surface area contributed by atoms with Crippen LogP contribution >= 0.6 is 0 Å². The maximum absolute atomic E-state index is 12.9. The molecule has 6 heteroatoms. The van der Waals surface area contributed by atoms with Gasteiger partial charge in [0.05, 0.1) is 24.1 Å². The summed E-state index contributed by atoms with van der Waals surface area (Å²) < 4.78 is 5.46. The summed E-state index contributed by atoms with van der Waals surface area (Å²) in [7, 11) is 2.23. The molecule has 0 aromatic carbocycles. The van der Waals surface area contributed by atoms with Gasteiger partial charge in [0, 0.05) is 31.2 Å². The summed E-state index contributed by atoms with van der Waals surface area (Å²) in [6.07, 6.45) is 7.42. The van der Waals surface area contributed by atoms with Crippen LogP contribution in [0.4, 0.5) is 0 Å². The lowest BCUT2D eigenvalue weighted by atomic mass is 9.85. The fraction of sp³-hybridized carbons (Fsp3) is 0.765. The van der Waals surface area contributed by atoms with E-state index >= 15 is 0 Å². The summed E-state index contributed by atoms with van der Waals surface area (Å²) >= 11 is 0. The molecule has 3 fully saturated rings. The zero-order chi connectivity index (χ0) is 15.9. The minimum absolute atomic E-state index is 0.135. The Bertz CT molecular complexity index is 571. The number of nitrogens with zero attached hydrogens (tertiary/aromatic N) is 3. The van der Waals surface area contributed by atoms with Crippen molar-refractivity contribution >= 4 is 5.91 Å².